The van der Waals surface area contributed by atoms with Crippen LogP contribution in [0.3, 0.4) is 0 Å². The van der Waals surface area contributed by atoms with Gasteiger partial charge in [0, 0.05) is 5.75 Å². The van der Waals surface area contributed by atoms with E-state index in [1.807, 2.05) is 24.3 Å². The third-order valence-electron chi connectivity index (χ3n) is 3.48. The highest BCUT2D eigenvalue weighted by atomic mass is 32.2. The Morgan fingerprint density at radius 2 is 2.04 bits per heavy atom. The molecule has 0 atom stereocenters. The van der Waals surface area contributed by atoms with Crippen LogP contribution < -0.4 is 10.1 Å². The normalized spacial score (nSPS) is 10.7. The first kappa shape index (κ1) is 18.3. The maximum absolute atomic E-state index is 12.5. The van der Waals surface area contributed by atoms with E-state index in [4.69, 9.17) is 4.74 Å². The van der Waals surface area contributed by atoms with Crippen LogP contribution in [-0.2, 0) is 0 Å². The standard InChI is InChI=1S/C16H18N6O2S2/c1-4-9-25-16-20-19-15(26-16)17-14(23)13-10(2)22(21-18-13)11-5-7-12(24-3)8-6-11/h5-8H,4,9H2,1-3H3,(H,17,19,23). The number of aromatic nitrogens is 5. The monoisotopic (exact) mass is 390 g/mol. The second-order valence-corrected chi connectivity index (χ2v) is 7.63. The first-order valence-corrected chi connectivity index (χ1v) is 9.77. The Bertz CT molecular complexity index is 891. The summed E-state index contributed by atoms with van der Waals surface area (Å²) >= 11 is 2.97. The van der Waals surface area contributed by atoms with Gasteiger partial charge in [-0.25, -0.2) is 4.68 Å². The Morgan fingerprint density at radius 3 is 2.73 bits per heavy atom. The quantitative estimate of drug-likeness (QED) is 0.489. The van der Waals surface area contributed by atoms with Crippen molar-refractivity contribution >= 4 is 34.1 Å². The van der Waals surface area contributed by atoms with Gasteiger partial charge in [-0.05, 0) is 37.6 Å². The average molecular weight is 390 g/mol. The van der Waals surface area contributed by atoms with Gasteiger partial charge in [-0.3, -0.25) is 10.1 Å². The van der Waals surface area contributed by atoms with E-state index in [-0.39, 0.29) is 11.6 Å². The number of nitrogens with zero attached hydrogens (tertiary/aromatic N) is 5. The smallest absolute Gasteiger partial charge is 0.279 e. The van der Waals surface area contributed by atoms with Gasteiger partial charge in [0.1, 0.15) is 5.75 Å². The predicted molar refractivity (Wildman–Crippen MR) is 102 cm³/mol. The number of thioether (sulfide) groups is 1. The molecule has 0 aliphatic rings. The van der Waals surface area contributed by atoms with Crippen molar-refractivity contribution < 1.29 is 9.53 Å². The number of ether oxygens (including phenoxy) is 1. The van der Waals surface area contributed by atoms with E-state index in [0.717, 1.165) is 28.0 Å². The molecule has 0 spiro atoms. The molecule has 136 valence electrons. The molecule has 0 saturated carbocycles. The van der Waals surface area contributed by atoms with Crippen molar-refractivity contribution in [3.63, 3.8) is 0 Å². The molecule has 0 bridgehead atoms. The van der Waals surface area contributed by atoms with E-state index in [0.29, 0.717) is 10.8 Å². The second-order valence-electron chi connectivity index (χ2n) is 5.31. The van der Waals surface area contributed by atoms with Gasteiger partial charge in [-0.1, -0.05) is 35.2 Å². The largest absolute Gasteiger partial charge is 0.497 e. The third-order valence-corrected chi connectivity index (χ3v) is 5.66. The van der Waals surface area contributed by atoms with E-state index in [1.165, 1.54) is 11.3 Å². The summed E-state index contributed by atoms with van der Waals surface area (Å²) in [5, 5.41) is 19.3. The van der Waals surface area contributed by atoms with Crippen LogP contribution in [-0.4, -0.2) is 44.0 Å². The molecule has 0 saturated heterocycles. The number of hydrogen-bond acceptors (Lipinski definition) is 8. The topological polar surface area (TPSA) is 94.8 Å². The lowest BCUT2D eigenvalue weighted by Gasteiger charge is -2.05. The van der Waals surface area contributed by atoms with E-state index in [2.05, 4.69) is 32.7 Å². The fourth-order valence-electron chi connectivity index (χ4n) is 2.17. The number of hydrogen-bond donors (Lipinski definition) is 1. The molecule has 8 nitrogen and oxygen atoms in total. The number of methoxy groups -OCH3 is 1. The Labute approximate surface area is 159 Å². The minimum Gasteiger partial charge on any atom is -0.497 e. The molecule has 2 heterocycles. The molecule has 0 radical (unpaired) electrons. The molecule has 3 aromatic rings. The van der Waals surface area contributed by atoms with Crippen molar-refractivity contribution in [1.82, 2.24) is 25.2 Å². The van der Waals surface area contributed by atoms with Crippen molar-refractivity contribution in [3.8, 4) is 11.4 Å². The molecular formula is C16H18N6O2S2. The predicted octanol–water partition coefficient (Wildman–Crippen LogP) is 3.19. The van der Waals surface area contributed by atoms with E-state index in [9.17, 15) is 4.79 Å². The van der Waals surface area contributed by atoms with Gasteiger partial charge in [0.15, 0.2) is 10.0 Å². The van der Waals surface area contributed by atoms with E-state index >= 15 is 0 Å². The summed E-state index contributed by atoms with van der Waals surface area (Å²) in [4.78, 5) is 12.5. The highest BCUT2D eigenvalue weighted by molar-refractivity contribution is 8.01. The molecule has 3 rings (SSSR count). The minimum absolute atomic E-state index is 0.249. The minimum atomic E-state index is -0.356. The number of carbonyl (C=O) groups excluding carboxylic acids is 1. The van der Waals surface area contributed by atoms with E-state index in [1.54, 1.807) is 30.5 Å². The van der Waals surface area contributed by atoms with Gasteiger partial charge < -0.3 is 4.74 Å². The van der Waals surface area contributed by atoms with Crippen molar-refractivity contribution in [2.24, 2.45) is 0 Å². The van der Waals surface area contributed by atoms with Gasteiger partial charge >= 0.3 is 0 Å². The summed E-state index contributed by atoms with van der Waals surface area (Å²) in [5.74, 6) is 1.36. The Morgan fingerprint density at radius 1 is 1.27 bits per heavy atom. The van der Waals surface area contributed by atoms with Crippen LogP contribution in [0.25, 0.3) is 5.69 Å². The lowest BCUT2D eigenvalue weighted by atomic mass is 10.2. The highest BCUT2D eigenvalue weighted by Gasteiger charge is 2.19. The lowest BCUT2D eigenvalue weighted by molar-refractivity contribution is 0.102. The van der Waals surface area contributed by atoms with Crippen molar-refractivity contribution in [3.05, 3.63) is 35.7 Å². The van der Waals surface area contributed by atoms with Gasteiger partial charge in [0.25, 0.3) is 5.91 Å². The third kappa shape index (κ3) is 4.02. The first-order valence-electron chi connectivity index (χ1n) is 7.96. The maximum Gasteiger partial charge on any atom is 0.279 e. The van der Waals surface area contributed by atoms with Crippen LogP contribution in [0.4, 0.5) is 5.13 Å². The Hall–Kier alpha value is -2.46. The van der Waals surface area contributed by atoms with E-state index < -0.39 is 0 Å². The summed E-state index contributed by atoms with van der Waals surface area (Å²) in [6.45, 7) is 3.90. The van der Waals surface area contributed by atoms with Crippen LogP contribution in [0.5, 0.6) is 5.75 Å². The number of rotatable bonds is 7. The molecule has 0 fully saturated rings. The molecule has 0 aliphatic carbocycles. The number of nitrogens with one attached hydrogen (secondary N) is 1. The number of benzene rings is 1. The zero-order valence-corrected chi connectivity index (χ0v) is 16.2. The van der Waals surface area contributed by atoms with Crippen molar-refractivity contribution in [2.45, 2.75) is 24.6 Å². The molecule has 0 unspecified atom stereocenters. The number of carbonyl (C=O) groups is 1. The first-order chi connectivity index (χ1) is 12.6. The van der Waals surface area contributed by atoms with Crippen LogP contribution in [0, 0.1) is 6.92 Å². The fourth-order valence-corrected chi connectivity index (χ4v) is 3.84. The lowest BCUT2D eigenvalue weighted by Crippen LogP contribution is -2.14. The summed E-state index contributed by atoms with van der Waals surface area (Å²) in [6, 6.07) is 7.36. The van der Waals surface area contributed by atoms with Crippen LogP contribution in [0.2, 0.25) is 0 Å². The van der Waals surface area contributed by atoms with Crippen molar-refractivity contribution in [1.29, 1.82) is 0 Å². The molecule has 2 aromatic heterocycles. The Kier molecular flexibility index (Phi) is 5.84. The molecular weight excluding hydrogens is 372 g/mol. The van der Waals surface area contributed by atoms with Gasteiger partial charge in [0.2, 0.25) is 5.13 Å². The van der Waals surface area contributed by atoms with Gasteiger partial charge in [-0.2, -0.15) is 0 Å². The molecule has 0 aliphatic heterocycles. The SMILES string of the molecule is CCCSc1nnc(NC(=O)c2nnn(-c3ccc(OC)cc3)c2C)s1. The Balaban J connectivity index is 1.74. The fraction of sp³-hybridized carbons (Fsp3) is 0.312. The zero-order chi connectivity index (χ0) is 18.5. The molecule has 1 amide bonds. The molecule has 10 heteroatoms. The van der Waals surface area contributed by atoms with Crippen LogP contribution >= 0.6 is 23.1 Å². The van der Waals surface area contributed by atoms with Crippen LogP contribution in [0.15, 0.2) is 28.6 Å². The number of anilines is 1. The summed E-state index contributed by atoms with van der Waals surface area (Å²) in [5.41, 5.74) is 1.68. The summed E-state index contributed by atoms with van der Waals surface area (Å²) < 4.78 is 7.59. The second kappa shape index (κ2) is 8.28. The number of amides is 1. The summed E-state index contributed by atoms with van der Waals surface area (Å²) in [6.07, 6.45) is 1.06. The van der Waals surface area contributed by atoms with Crippen LogP contribution in [0.1, 0.15) is 29.5 Å². The molecule has 1 aromatic carbocycles. The zero-order valence-electron chi connectivity index (χ0n) is 14.6. The molecule has 1 N–H and O–H groups in total. The average Bonchev–Trinajstić information content (AvgIpc) is 3.26. The summed E-state index contributed by atoms with van der Waals surface area (Å²) in [7, 11) is 1.61. The van der Waals surface area contributed by atoms with Crippen molar-refractivity contribution in [2.75, 3.05) is 18.2 Å². The highest BCUT2D eigenvalue weighted by Crippen LogP contribution is 2.26. The van der Waals surface area contributed by atoms with Gasteiger partial charge in [0.05, 0.1) is 18.5 Å². The van der Waals surface area contributed by atoms with Gasteiger partial charge in [-0.15, -0.1) is 15.3 Å². The molecule has 26 heavy (non-hydrogen) atoms. The maximum atomic E-state index is 12.5.